The monoisotopic (exact) mass is 346 g/mol. The number of carbonyl (C=O) groups excluding carboxylic acids is 1. The summed E-state index contributed by atoms with van der Waals surface area (Å²) in [4.78, 5) is 12.4. The number of aromatic nitrogens is 2. The van der Waals surface area contributed by atoms with E-state index in [9.17, 15) is 9.18 Å². The molecule has 1 atom stereocenters. The van der Waals surface area contributed by atoms with Gasteiger partial charge in [0.15, 0.2) is 0 Å². The molecule has 0 saturated carbocycles. The summed E-state index contributed by atoms with van der Waals surface area (Å²) in [6.45, 7) is 5.69. The number of hydrogen-bond acceptors (Lipinski definition) is 4. The Hall–Kier alpha value is -2.41. The Bertz CT molecular complexity index is 754. The van der Waals surface area contributed by atoms with Crippen LogP contribution in [-0.2, 0) is 11.3 Å². The summed E-state index contributed by atoms with van der Waals surface area (Å²) in [5.74, 6) is -0.710. The first kappa shape index (κ1) is 17.4. The number of hydrogen-bond donors (Lipinski definition) is 2. The van der Waals surface area contributed by atoms with Crippen molar-refractivity contribution in [1.82, 2.24) is 9.78 Å². The average Bonchev–Trinajstić information content (AvgIpc) is 3.23. The van der Waals surface area contributed by atoms with E-state index in [0.717, 1.165) is 25.1 Å². The fourth-order valence-corrected chi connectivity index (χ4v) is 2.93. The highest BCUT2D eigenvalue weighted by molar-refractivity contribution is 6.03. The Morgan fingerprint density at radius 3 is 2.96 bits per heavy atom. The SMILES string of the molecule is CCn1nc(C)cc1C(=O)Nc1ccc(NC[C@@H]2CCCO2)c(F)c1. The van der Waals surface area contributed by atoms with Gasteiger partial charge in [-0.05, 0) is 51.0 Å². The van der Waals surface area contributed by atoms with Gasteiger partial charge in [0.05, 0.1) is 17.5 Å². The summed E-state index contributed by atoms with van der Waals surface area (Å²) in [6.07, 6.45) is 2.18. The van der Waals surface area contributed by atoms with Crippen LogP contribution >= 0.6 is 0 Å². The number of carbonyl (C=O) groups is 1. The molecular weight excluding hydrogens is 323 g/mol. The topological polar surface area (TPSA) is 68.2 Å². The minimum absolute atomic E-state index is 0.136. The number of nitrogens with zero attached hydrogens (tertiary/aromatic N) is 2. The number of amides is 1. The van der Waals surface area contributed by atoms with Crippen molar-refractivity contribution in [2.24, 2.45) is 0 Å². The van der Waals surface area contributed by atoms with E-state index in [1.807, 2.05) is 13.8 Å². The predicted molar refractivity (Wildman–Crippen MR) is 94.5 cm³/mol. The molecule has 7 heteroatoms. The number of benzene rings is 1. The first-order valence-electron chi connectivity index (χ1n) is 8.57. The molecular formula is C18H23FN4O2. The van der Waals surface area contributed by atoms with Crippen LogP contribution in [0.15, 0.2) is 24.3 Å². The summed E-state index contributed by atoms with van der Waals surface area (Å²) in [5.41, 5.74) is 2.04. The molecule has 2 heterocycles. The summed E-state index contributed by atoms with van der Waals surface area (Å²) >= 11 is 0. The maximum absolute atomic E-state index is 14.3. The zero-order valence-electron chi connectivity index (χ0n) is 14.5. The van der Waals surface area contributed by atoms with Crippen LogP contribution in [0.4, 0.5) is 15.8 Å². The fraction of sp³-hybridized carbons (Fsp3) is 0.444. The van der Waals surface area contributed by atoms with Gasteiger partial charge in [0.1, 0.15) is 11.5 Å². The third kappa shape index (κ3) is 4.17. The second kappa shape index (κ2) is 7.65. The zero-order chi connectivity index (χ0) is 17.8. The van der Waals surface area contributed by atoms with E-state index in [1.54, 1.807) is 22.9 Å². The molecule has 2 aromatic rings. The van der Waals surface area contributed by atoms with Crippen molar-refractivity contribution >= 4 is 17.3 Å². The molecule has 1 aliphatic rings. The molecule has 1 aromatic heterocycles. The van der Waals surface area contributed by atoms with Crippen molar-refractivity contribution < 1.29 is 13.9 Å². The molecule has 0 spiro atoms. The van der Waals surface area contributed by atoms with Gasteiger partial charge in [0.25, 0.3) is 5.91 Å². The molecule has 25 heavy (non-hydrogen) atoms. The van der Waals surface area contributed by atoms with Crippen molar-refractivity contribution in [3.05, 3.63) is 41.5 Å². The lowest BCUT2D eigenvalue weighted by atomic mass is 10.2. The van der Waals surface area contributed by atoms with Gasteiger partial charge in [-0.25, -0.2) is 4.39 Å². The molecule has 1 amide bonds. The van der Waals surface area contributed by atoms with Crippen molar-refractivity contribution in [1.29, 1.82) is 0 Å². The molecule has 1 saturated heterocycles. The van der Waals surface area contributed by atoms with E-state index < -0.39 is 5.82 Å². The second-order valence-electron chi connectivity index (χ2n) is 6.15. The molecule has 0 aliphatic carbocycles. The van der Waals surface area contributed by atoms with Gasteiger partial charge in [-0.1, -0.05) is 0 Å². The molecule has 134 valence electrons. The van der Waals surface area contributed by atoms with E-state index in [4.69, 9.17) is 4.74 Å². The molecule has 6 nitrogen and oxygen atoms in total. The van der Waals surface area contributed by atoms with Crippen molar-refractivity contribution in [2.45, 2.75) is 39.3 Å². The molecule has 1 aromatic carbocycles. The number of ether oxygens (including phenoxy) is 1. The Morgan fingerprint density at radius 1 is 1.44 bits per heavy atom. The molecule has 0 bridgehead atoms. The van der Waals surface area contributed by atoms with Gasteiger partial charge in [-0.3, -0.25) is 9.48 Å². The Balaban J connectivity index is 1.64. The van der Waals surface area contributed by atoms with E-state index in [-0.39, 0.29) is 12.0 Å². The van der Waals surface area contributed by atoms with E-state index in [2.05, 4.69) is 15.7 Å². The van der Waals surface area contributed by atoms with E-state index >= 15 is 0 Å². The highest BCUT2D eigenvalue weighted by Gasteiger charge is 2.17. The van der Waals surface area contributed by atoms with Crippen LogP contribution in [0.5, 0.6) is 0 Å². The second-order valence-corrected chi connectivity index (χ2v) is 6.15. The van der Waals surface area contributed by atoms with Crippen LogP contribution in [-0.4, -0.2) is 34.9 Å². The van der Waals surface area contributed by atoms with Crippen molar-refractivity contribution in [2.75, 3.05) is 23.8 Å². The number of anilines is 2. The first-order chi connectivity index (χ1) is 12.1. The van der Waals surface area contributed by atoms with Crippen LogP contribution in [0.2, 0.25) is 0 Å². The molecule has 3 rings (SSSR count). The van der Waals surface area contributed by atoms with Gasteiger partial charge in [-0.2, -0.15) is 5.10 Å². The summed E-state index contributed by atoms with van der Waals surface area (Å²) in [6, 6.07) is 6.34. The summed E-state index contributed by atoms with van der Waals surface area (Å²) in [5, 5.41) is 10.0. The smallest absolute Gasteiger partial charge is 0.273 e. The number of aryl methyl sites for hydroxylation is 2. The van der Waals surface area contributed by atoms with Gasteiger partial charge >= 0.3 is 0 Å². The molecule has 1 aliphatic heterocycles. The minimum Gasteiger partial charge on any atom is -0.380 e. The minimum atomic E-state index is -0.407. The van der Waals surface area contributed by atoms with Gasteiger partial charge in [-0.15, -0.1) is 0 Å². The number of nitrogens with one attached hydrogen (secondary N) is 2. The highest BCUT2D eigenvalue weighted by atomic mass is 19.1. The fourth-order valence-electron chi connectivity index (χ4n) is 2.93. The third-order valence-corrected chi connectivity index (χ3v) is 4.21. The third-order valence-electron chi connectivity index (χ3n) is 4.21. The van der Waals surface area contributed by atoms with Crippen LogP contribution < -0.4 is 10.6 Å². The highest BCUT2D eigenvalue weighted by Crippen LogP contribution is 2.21. The Kier molecular flexibility index (Phi) is 5.33. The zero-order valence-corrected chi connectivity index (χ0v) is 14.5. The number of halogens is 1. The van der Waals surface area contributed by atoms with E-state index in [1.165, 1.54) is 6.07 Å². The molecule has 1 fully saturated rings. The quantitative estimate of drug-likeness (QED) is 0.843. The van der Waals surface area contributed by atoms with Crippen LogP contribution in [0.1, 0.15) is 35.9 Å². The largest absolute Gasteiger partial charge is 0.380 e. The van der Waals surface area contributed by atoms with Crippen molar-refractivity contribution in [3.63, 3.8) is 0 Å². The molecule has 0 radical (unpaired) electrons. The molecule has 2 N–H and O–H groups in total. The Morgan fingerprint density at radius 2 is 2.28 bits per heavy atom. The first-order valence-corrected chi connectivity index (χ1v) is 8.57. The van der Waals surface area contributed by atoms with Gasteiger partial charge in [0.2, 0.25) is 0 Å². The Labute approximate surface area is 146 Å². The molecule has 0 unspecified atom stereocenters. The van der Waals surface area contributed by atoms with Gasteiger partial charge < -0.3 is 15.4 Å². The van der Waals surface area contributed by atoms with E-state index in [0.29, 0.717) is 30.2 Å². The summed E-state index contributed by atoms with van der Waals surface area (Å²) in [7, 11) is 0. The van der Waals surface area contributed by atoms with Crippen molar-refractivity contribution in [3.8, 4) is 0 Å². The van der Waals surface area contributed by atoms with Gasteiger partial charge in [0, 0.05) is 25.4 Å². The van der Waals surface area contributed by atoms with Crippen LogP contribution in [0.3, 0.4) is 0 Å². The lowest BCUT2D eigenvalue weighted by Crippen LogP contribution is -2.19. The summed E-state index contributed by atoms with van der Waals surface area (Å²) < 4.78 is 21.4. The normalized spacial score (nSPS) is 16.8. The maximum Gasteiger partial charge on any atom is 0.273 e. The standard InChI is InChI=1S/C18H23FN4O2/c1-3-23-17(9-12(2)22-23)18(24)21-13-6-7-16(15(19)10-13)20-11-14-5-4-8-25-14/h6-7,9-10,14,20H,3-5,8,11H2,1-2H3,(H,21,24)/t14-/m0/s1. The lowest BCUT2D eigenvalue weighted by Gasteiger charge is -2.13. The average molecular weight is 346 g/mol. The number of rotatable bonds is 6. The van der Waals surface area contributed by atoms with Crippen LogP contribution in [0, 0.1) is 12.7 Å². The maximum atomic E-state index is 14.3. The lowest BCUT2D eigenvalue weighted by molar-refractivity contribution is 0.101. The predicted octanol–water partition coefficient (Wildman–Crippen LogP) is 3.19. The van der Waals surface area contributed by atoms with Crippen LogP contribution in [0.25, 0.3) is 0 Å².